The molecule has 1 heterocycles. The van der Waals surface area contributed by atoms with Crippen molar-refractivity contribution < 1.29 is 9.18 Å². The summed E-state index contributed by atoms with van der Waals surface area (Å²) in [6.45, 7) is 4.39. The van der Waals surface area contributed by atoms with Crippen LogP contribution in [-0.2, 0) is 16.6 Å². The minimum absolute atomic E-state index is 0.00985. The molecule has 1 aromatic heterocycles. The number of carbonyl (C=O) groups is 1. The summed E-state index contributed by atoms with van der Waals surface area (Å²) in [6.07, 6.45) is 4.36. The SMILES string of the molecule is Cc1nc(C)c(CC(=O)NCC2(c3ccccc3F)CCCC2)s1. The highest BCUT2D eigenvalue weighted by Gasteiger charge is 2.37. The van der Waals surface area contributed by atoms with Crippen molar-refractivity contribution in [2.75, 3.05) is 6.54 Å². The number of aromatic nitrogens is 1. The van der Waals surface area contributed by atoms with Crippen LogP contribution in [0.15, 0.2) is 24.3 Å². The third-order valence-electron chi connectivity index (χ3n) is 4.95. The molecule has 1 N–H and O–H groups in total. The molecule has 1 saturated carbocycles. The number of amides is 1. The number of carbonyl (C=O) groups excluding carboxylic acids is 1. The van der Waals surface area contributed by atoms with E-state index in [1.165, 1.54) is 6.07 Å². The monoisotopic (exact) mass is 346 g/mol. The number of hydrogen-bond acceptors (Lipinski definition) is 3. The van der Waals surface area contributed by atoms with Gasteiger partial charge in [0, 0.05) is 16.8 Å². The molecule has 128 valence electrons. The van der Waals surface area contributed by atoms with Crippen molar-refractivity contribution in [3.63, 3.8) is 0 Å². The Bertz CT molecular complexity index is 735. The molecule has 1 fully saturated rings. The topological polar surface area (TPSA) is 42.0 Å². The number of nitrogens with zero attached hydrogens (tertiary/aromatic N) is 1. The highest BCUT2D eigenvalue weighted by atomic mass is 32.1. The van der Waals surface area contributed by atoms with Crippen LogP contribution in [0.4, 0.5) is 4.39 Å². The first-order valence-corrected chi connectivity index (χ1v) is 9.26. The van der Waals surface area contributed by atoms with Crippen LogP contribution in [0, 0.1) is 19.7 Å². The molecule has 0 spiro atoms. The second kappa shape index (κ2) is 7.01. The van der Waals surface area contributed by atoms with Crippen molar-refractivity contribution in [1.29, 1.82) is 0 Å². The van der Waals surface area contributed by atoms with Gasteiger partial charge in [-0.2, -0.15) is 0 Å². The Balaban J connectivity index is 1.70. The maximum absolute atomic E-state index is 14.3. The van der Waals surface area contributed by atoms with Gasteiger partial charge in [-0.15, -0.1) is 11.3 Å². The smallest absolute Gasteiger partial charge is 0.225 e. The average Bonchev–Trinajstić information content (AvgIpc) is 3.14. The number of aryl methyl sites for hydroxylation is 2. The minimum Gasteiger partial charge on any atom is -0.355 e. The predicted molar refractivity (Wildman–Crippen MR) is 94.8 cm³/mol. The molecule has 1 aliphatic rings. The molecule has 24 heavy (non-hydrogen) atoms. The van der Waals surface area contributed by atoms with Crippen molar-refractivity contribution in [1.82, 2.24) is 10.3 Å². The summed E-state index contributed by atoms with van der Waals surface area (Å²) >= 11 is 1.57. The fraction of sp³-hybridized carbons (Fsp3) is 0.474. The Labute approximate surface area is 146 Å². The Morgan fingerprint density at radius 3 is 2.62 bits per heavy atom. The van der Waals surface area contributed by atoms with Crippen molar-refractivity contribution >= 4 is 17.2 Å². The van der Waals surface area contributed by atoms with E-state index in [1.54, 1.807) is 17.4 Å². The number of hydrogen-bond donors (Lipinski definition) is 1. The minimum atomic E-state index is -0.264. The quantitative estimate of drug-likeness (QED) is 0.887. The second-order valence-corrected chi connectivity index (χ2v) is 7.95. The van der Waals surface area contributed by atoms with Crippen LogP contribution in [0.1, 0.15) is 46.8 Å². The van der Waals surface area contributed by atoms with E-state index in [2.05, 4.69) is 10.3 Å². The molecule has 5 heteroatoms. The van der Waals surface area contributed by atoms with Crippen molar-refractivity contribution in [3.05, 3.63) is 51.2 Å². The summed E-state index contributed by atoms with van der Waals surface area (Å²) in [6, 6.07) is 6.98. The Morgan fingerprint density at radius 2 is 2.00 bits per heavy atom. The van der Waals surface area contributed by atoms with Crippen molar-refractivity contribution in [2.24, 2.45) is 0 Å². The zero-order valence-electron chi connectivity index (χ0n) is 14.2. The molecule has 0 unspecified atom stereocenters. The van der Waals surface area contributed by atoms with Gasteiger partial charge in [0.1, 0.15) is 5.82 Å². The van der Waals surface area contributed by atoms with E-state index in [-0.39, 0.29) is 17.1 Å². The van der Waals surface area contributed by atoms with Gasteiger partial charge in [0.05, 0.1) is 17.1 Å². The van der Waals surface area contributed by atoms with Gasteiger partial charge in [-0.05, 0) is 38.3 Å². The lowest BCUT2D eigenvalue weighted by molar-refractivity contribution is -0.120. The highest BCUT2D eigenvalue weighted by Crippen LogP contribution is 2.41. The molecule has 1 aliphatic carbocycles. The molecule has 0 radical (unpaired) electrons. The molecule has 1 amide bonds. The van der Waals surface area contributed by atoms with E-state index in [1.807, 2.05) is 26.0 Å². The second-order valence-electron chi connectivity index (χ2n) is 6.66. The van der Waals surface area contributed by atoms with Crippen LogP contribution in [0.25, 0.3) is 0 Å². The van der Waals surface area contributed by atoms with Gasteiger partial charge < -0.3 is 5.32 Å². The van der Waals surface area contributed by atoms with Gasteiger partial charge >= 0.3 is 0 Å². The van der Waals surface area contributed by atoms with Crippen LogP contribution < -0.4 is 5.32 Å². The molecule has 2 aromatic rings. The third kappa shape index (κ3) is 3.51. The normalized spacial score (nSPS) is 16.3. The highest BCUT2D eigenvalue weighted by molar-refractivity contribution is 7.11. The summed E-state index contributed by atoms with van der Waals surface area (Å²) in [5.74, 6) is -0.174. The maximum atomic E-state index is 14.3. The first-order valence-electron chi connectivity index (χ1n) is 8.45. The van der Waals surface area contributed by atoms with Crippen LogP contribution in [0.5, 0.6) is 0 Å². The number of nitrogens with one attached hydrogen (secondary N) is 1. The molecule has 0 atom stereocenters. The Kier molecular flexibility index (Phi) is 4.99. The molecule has 0 saturated heterocycles. The maximum Gasteiger partial charge on any atom is 0.225 e. The van der Waals surface area contributed by atoms with Crippen molar-refractivity contribution in [3.8, 4) is 0 Å². The zero-order chi connectivity index (χ0) is 17.2. The van der Waals surface area contributed by atoms with E-state index in [4.69, 9.17) is 0 Å². The average molecular weight is 346 g/mol. The lowest BCUT2D eigenvalue weighted by atomic mass is 9.78. The third-order valence-corrected chi connectivity index (χ3v) is 6.02. The Hall–Kier alpha value is -1.75. The summed E-state index contributed by atoms with van der Waals surface area (Å²) < 4.78 is 14.3. The number of halogens is 1. The van der Waals surface area contributed by atoms with Crippen LogP contribution in [-0.4, -0.2) is 17.4 Å². The fourth-order valence-electron chi connectivity index (χ4n) is 3.70. The molecule has 1 aromatic carbocycles. The molecule has 3 rings (SSSR count). The van der Waals surface area contributed by atoms with Crippen LogP contribution in [0.2, 0.25) is 0 Å². The van der Waals surface area contributed by atoms with E-state index in [0.717, 1.165) is 46.8 Å². The number of benzene rings is 1. The van der Waals surface area contributed by atoms with E-state index < -0.39 is 0 Å². The van der Waals surface area contributed by atoms with Gasteiger partial charge in [-0.3, -0.25) is 4.79 Å². The molecule has 3 nitrogen and oxygen atoms in total. The van der Waals surface area contributed by atoms with Gasteiger partial charge in [0.25, 0.3) is 0 Å². The van der Waals surface area contributed by atoms with E-state index in [9.17, 15) is 9.18 Å². The summed E-state index contributed by atoms with van der Waals surface area (Å²) in [4.78, 5) is 17.7. The van der Waals surface area contributed by atoms with Crippen LogP contribution >= 0.6 is 11.3 Å². The van der Waals surface area contributed by atoms with Gasteiger partial charge in [0.2, 0.25) is 5.91 Å². The first kappa shape index (κ1) is 17.1. The molecular weight excluding hydrogens is 323 g/mol. The first-order chi connectivity index (χ1) is 11.5. The standard InChI is InChI=1S/C19H23FN2OS/c1-13-17(24-14(2)22-13)11-18(23)21-12-19(9-5-6-10-19)15-7-3-4-8-16(15)20/h3-4,7-8H,5-6,9-12H2,1-2H3,(H,21,23). The van der Waals surface area contributed by atoms with Crippen molar-refractivity contribution in [2.45, 2.75) is 51.4 Å². The van der Waals surface area contributed by atoms with Gasteiger partial charge in [0.15, 0.2) is 0 Å². The zero-order valence-corrected chi connectivity index (χ0v) is 15.0. The molecule has 0 aliphatic heterocycles. The van der Waals surface area contributed by atoms with Gasteiger partial charge in [-0.1, -0.05) is 31.0 Å². The van der Waals surface area contributed by atoms with E-state index in [0.29, 0.717) is 13.0 Å². The molecule has 0 bridgehead atoms. The number of thiazole rings is 1. The summed E-state index contributed by atoms with van der Waals surface area (Å²) in [7, 11) is 0. The number of rotatable bonds is 5. The predicted octanol–water partition coefficient (Wildman–Crippen LogP) is 4.07. The molecular formula is C19H23FN2OS. The fourth-order valence-corrected chi connectivity index (χ4v) is 4.63. The summed E-state index contributed by atoms with van der Waals surface area (Å²) in [5, 5.41) is 4.03. The summed E-state index contributed by atoms with van der Waals surface area (Å²) in [5.41, 5.74) is 1.41. The largest absolute Gasteiger partial charge is 0.355 e. The Morgan fingerprint density at radius 1 is 1.29 bits per heavy atom. The van der Waals surface area contributed by atoms with Crippen LogP contribution in [0.3, 0.4) is 0 Å². The lowest BCUT2D eigenvalue weighted by Crippen LogP contribution is -2.40. The lowest BCUT2D eigenvalue weighted by Gasteiger charge is -2.30. The van der Waals surface area contributed by atoms with Gasteiger partial charge in [-0.25, -0.2) is 9.37 Å². The van der Waals surface area contributed by atoms with E-state index >= 15 is 0 Å².